The molecule has 2 rings (SSSR count). The molecular formula is C15H20BrN. The quantitative estimate of drug-likeness (QED) is 0.638. The van der Waals surface area contributed by atoms with Gasteiger partial charge in [0.25, 0.3) is 0 Å². The van der Waals surface area contributed by atoms with Crippen LogP contribution in [0.4, 0.5) is 0 Å². The van der Waals surface area contributed by atoms with Crippen molar-refractivity contribution >= 4 is 15.9 Å². The van der Waals surface area contributed by atoms with Gasteiger partial charge in [0.15, 0.2) is 0 Å². The molecule has 1 nitrogen and oxygen atoms in total. The predicted molar refractivity (Wildman–Crippen MR) is 77.4 cm³/mol. The van der Waals surface area contributed by atoms with E-state index >= 15 is 0 Å². The second-order valence-electron chi connectivity index (χ2n) is 4.85. The summed E-state index contributed by atoms with van der Waals surface area (Å²) in [5.41, 5.74) is 1.72. The molecule has 1 aliphatic carbocycles. The molecule has 0 unspecified atom stereocenters. The molecule has 0 aliphatic heterocycles. The molecular weight excluding hydrogens is 274 g/mol. The largest absolute Gasteiger partial charge is 0.316 e. The summed E-state index contributed by atoms with van der Waals surface area (Å²) in [7, 11) is 0. The van der Waals surface area contributed by atoms with Crippen molar-refractivity contribution in [1.82, 2.24) is 5.32 Å². The molecule has 1 N–H and O–H groups in total. The summed E-state index contributed by atoms with van der Waals surface area (Å²) >= 11 is 3.57. The van der Waals surface area contributed by atoms with Crippen molar-refractivity contribution < 1.29 is 0 Å². The van der Waals surface area contributed by atoms with Crippen molar-refractivity contribution in [2.75, 3.05) is 13.1 Å². The van der Waals surface area contributed by atoms with Crippen LogP contribution in [0.15, 0.2) is 40.9 Å². The summed E-state index contributed by atoms with van der Waals surface area (Å²) < 4.78 is 1.18. The Morgan fingerprint density at radius 1 is 1.29 bits per heavy atom. The fourth-order valence-corrected chi connectivity index (χ4v) is 2.91. The number of allylic oxidation sites excluding steroid dienone is 2. The molecule has 0 saturated heterocycles. The summed E-state index contributed by atoms with van der Waals surface area (Å²) in [5, 5.41) is 3.58. The number of nitrogens with one attached hydrogen (secondary N) is 1. The van der Waals surface area contributed by atoms with E-state index in [1.54, 1.807) is 0 Å². The summed E-state index contributed by atoms with van der Waals surface area (Å²) in [6.45, 7) is 4.39. The van der Waals surface area contributed by atoms with Gasteiger partial charge >= 0.3 is 0 Å². The minimum Gasteiger partial charge on any atom is -0.316 e. The standard InChI is InChI=1S/C15H20BrN/c1-2-10-17-12-15(8-3-4-9-15)13-6-5-7-14(16)11-13/h3-7,11,17H,2,8-10,12H2,1H3. The lowest BCUT2D eigenvalue weighted by Crippen LogP contribution is -2.36. The third kappa shape index (κ3) is 2.99. The fourth-order valence-electron chi connectivity index (χ4n) is 2.51. The molecule has 1 aromatic rings. The summed E-state index contributed by atoms with van der Waals surface area (Å²) in [6, 6.07) is 8.75. The molecule has 0 amide bonds. The number of hydrogen-bond donors (Lipinski definition) is 1. The normalized spacial score (nSPS) is 17.5. The molecule has 0 heterocycles. The van der Waals surface area contributed by atoms with E-state index in [0.717, 1.165) is 25.9 Å². The minimum absolute atomic E-state index is 0.277. The average molecular weight is 294 g/mol. The zero-order valence-corrected chi connectivity index (χ0v) is 12.0. The second kappa shape index (κ2) is 5.83. The lowest BCUT2D eigenvalue weighted by atomic mass is 9.78. The topological polar surface area (TPSA) is 12.0 Å². The number of benzene rings is 1. The Morgan fingerprint density at radius 2 is 2.06 bits per heavy atom. The maximum Gasteiger partial charge on any atom is 0.0178 e. The Labute approximate surface area is 112 Å². The molecule has 92 valence electrons. The Morgan fingerprint density at radius 3 is 2.71 bits per heavy atom. The smallest absolute Gasteiger partial charge is 0.0178 e. The molecule has 0 atom stereocenters. The number of halogens is 1. The number of rotatable bonds is 5. The van der Waals surface area contributed by atoms with Gasteiger partial charge in [-0.3, -0.25) is 0 Å². The first-order valence-electron chi connectivity index (χ1n) is 6.39. The molecule has 0 bridgehead atoms. The van der Waals surface area contributed by atoms with Crippen molar-refractivity contribution in [3.05, 3.63) is 46.5 Å². The van der Waals surface area contributed by atoms with Gasteiger partial charge in [-0.05, 0) is 43.5 Å². The third-order valence-electron chi connectivity index (χ3n) is 3.51. The third-order valence-corrected chi connectivity index (χ3v) is 4.00. The highest BCUT2D eigenvalue weighted by atomic mass is 79.9. The maximum absolute atomic E-state index is 3.58. The van der Waals surface area contributed by atoms with E-state index in [2.05, 4.69) is 64.6 Å². The van der Waals surface area contributed by atoms with E-state index in [4.69, 9.17) is 0 Å². The first-order chi connectivity index (χ1) is 8.27. The first kappa shape index (κ1) is 12.8. The number of hydrogen-bond acceptors (Lipinski definition) is 1. The summed E-state index contributed by atoms with van der Waals surface area (Å²) in [6.07, 6.45) is 8.13. The van der Waals surface area contributed by atoms with Crippen LogP contribution in [-0.2, 0) is 5.41 Å². The predicted octanol–water partition coefficient (Wildman–Crippen LogP) is 4.04. The van der Waals surface area contributed by atoms with Crippen molar-refractivity contribution in [1.29, 1.82) is 0 Å². The van der Waals surface area contributed by atoms with E-state index in [0.29, 0.717) is 0 Å². The average Bonchev–Trinajstić information content (AvgIpc) is 2.79. The summed E-state index contributed by atoms with van der Waals surface area (Å²) in [5.74, 6) is 0. The molecule has 0 spiro atoms. The van der Waals surface area contributed by atoms with Gasteiger partial charge in [-0.15, -0.1) is 0 Å². The summed E-state index contributed by atoms with van der Waals surface area (Å²) in [4.78, 5) is 0. The van der Waals surface area contributed by atoms with Crippen LogP contribution in [0.2, 0.25) is 0 Å². The van der Waals surface area contributed by atoms with E-state index in [-0.39, 0.29) is 5.41 Å². The van der Waals surface area contributed by atoms with Gasteiger partial charge in [-0.2, -0.15) is 0 Å². The fraction of sp³-hybridized carbons (Fsp3) is 0.467. The SMILES string of the molecule is CCCNCC1(c2cccc(Br)c2)CC=CC1. The van der Waals surface area contributed by atoms with Crippen LogP contribution >= 0.6 is 15.9 Å². The Kier molecular flexibility index (Phi) is 4.41. The van der Waals surface area contributed by atoms with Gasteiger partial charge in [0.05, 0.1) is 0 Å². The van der Waals surface area contributed by atoms with E-state index in [9.17, 15) is 0 Å². The van der Waals surface area contributed by atoms with Crippen LogP contribution < -0.4 is 5.32 Å². The highest BCUT2D eigenvalue weighted by Gasteiger charge is 2.32. The Balaban J connectivity index is 2.16. The maximum atomic E-state index is 3.58. The first-order valence-corrected chi connectivity index (χ1v) is 7.18. The van der Waals surface area contributed by atoms with Gasteiger partial charge in [0, 0.05) is 16.4 Å². The van der Waals surface area contributed by atoms with E-state index in [1.807, 2.05) is 0 Å². The minimum atomic E-state index is 0.277. The van der Waals surface area contributed by atoms with E-state index in [1.165, 1.54) is 16.5 Å². The monoisotopic (exact) mass is 293 g/mol. The lowest BCUT2D eigenvalue weighted by molar-refractivity contribution is 0.419. The van der Waals surface area contributed by atoms with E-state index < -0.39 is 0 Å². The van der Waals surface area contributed by atoms with Crippen LogP contribution in [-0.4, -0.2) is 13.1 Å². The molecule has 0 fully saturated rings. The van der Waals surface area contributed by atoms with Gasteiger partial charge in [-0.1, -0.05) is 47.1 Å². The van der Waals surface area contributed by atoms with Crippen LogP contribution in [0.5, 0.6) is 0 Å². The molecule has 0 saturated carbocycles. The highest BCUT2D eigenvalue weighted by Crippen LogP contribution is 2.37. The molecule has 17 heavy (non-hydrogen) atoms. The van der Waals surface area contributed by atoms with Crippen molar-refractivity contribution in [3.8, 4) is 0 Å². The zero-order chi connectivity index (χ0) is 12.1. The van der Waals surface area contributed by atoms with Gasteiger partial charge < -0.3 is 5.32 Å². The Bertz CT molecular complexity index is 390. The lowest BCUT2D eigenvalue weighted by Gasteiger charge is -2.30. The molecule has 1 aromatic carbocycles. The molecule has 2 heteroatoms. The van der Waals surface area contributed by atoms with Crippen molar-refractivity contribution in [3.63, 3.8) is 0 Å². The van der Waals surface area contributed by atoms with Crippen LogP contribution in [0.25, 0.3) is 0 Å². The van der Waals surface area contributed by atoms with Crippen LogP contribution in [0.1, 0.15) is 31.7 Å². The van der Waals surface area contributed by atoms with Gasteiger partial charge in [-0.25, -0.2) is 0 Å². The van der Waals surface area contributed by atoms with Crippen LogP contribution in [0.3, 0.4) is 0 Å². The highest BCUT2D eigenvalue weighted by molar-refractivity contribution is 9.10. The second-order valence-corrected chi connectivity index (χ2v) is 5.76. The van der Waals surface area contributed by atoms with Crippen LogP contribution in [0, 0.1) is 0 Å². The molecule has 0 radical (unpaired) electrons. The van der Waals surface area contributed by atoms with Crippen molar-refractivity contribution in [2.24, 2.45) is 0 Å². The Hall–Kier alpha value is -0.600. The van der Waals surface area contributed by atoms with Gasteiger partial charge in [0.1, 0.15) is 0 Å². The molecule has 0 aromatic heterocycles. The molecule has 1 aliphatic rings. The van der Waals surface area contributed by atoms with Crippen molar-refractivity contribution in [2.45, 2.75) is 31.6 Å². The zero-order valence-electron chi connectivity index (χ0n) is 10.4. The van der Waals surface area contributed by atoms with Gasteiger partial charge in [0.2, 0.25) is 0 Å².